The van der Waals surface area contributed by atoms with E-state index in [4.69, 9.17) is 9.47 Å². The molecule has 0 aliphatic carbocycles. The number of hydrogen-bond acceptors (Lipinski definition) is 4. The first-order chi connectivity index (χ1) is 13.7. The van der Waals surface area contributed by atoms with Crippen molar-refractivity contribution in [1.82, 2.24) is 0 Å². The van der Waals surface area contributed by atoms with Crippen LogP contribution in [0.4, 0.5) is 0 Å². The predicted octanol–water partition coefficient (Wildman–Crippen LogP) is 7.19. The van der Waals surface area contributed by atoms with Crippen LogP contribution in [0.1, 0.15) is 114 Å². The summed E-state index contributed by atoms with van der Waals surface area (Å²) in [7, 11) is 0. The Morgan fingerprint density at radius 1 is 0.800 bits per heavy atom. The summed E-state index contributed by atoms with van der Waals surface area (Å²) in [4.78, 5) is 24.8. The van der Waals surface area contributed by atoms with Crippen LogP contribution < -0.4 is 0 Å². The lowest BCUT2D eigenvalue weighted by molar-refractivity contribution is -0.157. The highest BCUT2D eigenvalue weighted by atomic mass is 16.6. The van der Waals surface area contributed by atoms with Crippen molar-refractivity contribution in [3.8, 4) is 0 Å². The van der Waals surface area contributed by atoms with E-state index in [9.17, 15) is 9.59 Å². The van der Waals surface area contributed by atoms with Gasteiger partial charge in [-0.1, -0.05) is 75.7 Å². The van der Waals surface area contributed by atoms with Crippen molar-refractivity contribution in [2.45, 2.75) is 120 Å². The molecule has 4 atom stereocenters. The van der Waals surface area contributed by atoms with E-state index in [1.165, 1.54) is 0 Å². The number of carbonyl (C=O) groups is 2. The molecule has 0 radical (unpaired) electrons. The summed E-state index contributed by atoms with van der Waals surface area (Å²) >= 11 is 0. The summed E-state index contributed by atoms with van der Waals surface area (Å²) in [6.45, 7) is 21.8. The lowest BCUT2D eigenvalue weighted by atomic mass is 9.84. The lowest BCUT2D eigenvalue weighted by Gasteiger charge is -2.28. The molecule has 4 heteroatoms. The number of esters is 2. The molecule has 0 rings (SSSR count). The second-order valence-corrected chi connectivity index (χ2v) is 11.8. The first-order valence-corrected chi connectivity index (χ1v) is 12.0. The SMILES string of the molecule is CCCC(OC(=O)CC(C)CC(C)(C)C)C(CC)COC(=O)CC(C)CC(C)(C)C. The Morgan fingerprint density at radius 2 is 1.27 bits per heavy atom. The highest BCUT2D eigenvalue weighted by Gasteiger charge is 2.27. The minimum absolute atomic E-state index is 0.0497. The Bertz CT molecular complexity index is 498. The van der Waals surface area contributed by atoms with E-state index in [0.29, 0.717) is 31.3 Å². The summed E-state index contributed by atoms with van der Waals surface area (Å²) < 4.78 is 11.5. The molecule has 0 amide bonds. The molecule has 178 valence electrons. The third kappa shape index (κ3) is 14.8. The summed E-state index contributed by atoms with van der Waals surface area (Å²) in [6.07, 6.45) is 5.23. The zero-order valence-electron chi connectivity index (χ0n) is 21.6. The molecule has 0 spiro atoms. The van der Waals surface area contributed by atoms with Gasteiger partial charge in [-0.25, -0.2) is 0 Å². The highest BCUT2D eigenvalue weighted by Crippen LogP contribution is 2.28. The predicted molar refractivity (Wildman–Crippen MR) is 125 cm³/mol. The third-order valence-electron chi connectivity index (χ3n) is 5.32. The average Bonchev–Trinajstić information content (AvgIpc) is 2.51. The minimum atomic E-state index is -0.186. The Hall–Kier alpha value is -1.06. The van der Waals surface area contributed by atoms with Gasteiger partial charge in [0, 0.05) is 18.8 Å². The third-order valence-corrected chi connectivity index (χ3v) is 5.32. The fraction of sp³-hybridized carbons (Fsp3) is 0.923. The fourth-order valence-electron chi connectivity index (χ4n) is 4.44. The Labute approximate surface area is 186 Å². The summed E-state index contributed by atoms with van der Waals surface area (Å²) in [5, 5.41) is 0. The van der Waals surface area contributed by atoms with Crippen LogP contribution in [0.15, 0.2) is 0 Å². The van der Waals surface area contributed by atoms with Crippen LogP contribution in [0.3, 0.4) is 0 Å². The van der Waals surface area contributed by atoms with Gasteiger partial charge in [-0.2, -0.15) is 0 Å². The average molecular weight is 427 g/mol. The maximum Gasteiger partial charge on any atom is 0.306 e. The summed E-state index contributed by atoms with van der Waals surface area (Å²) in [6, 6.07) is 0. The molecule has 0 aliphatic rings. The van der Waals surface area contributed by atoms with E-state index < -0.39 is 0 Å². The van der Waals surface area contributed by atoms with E-state index >= 15 is 0 Å². The van der Waals surface area contributed by atoms with Crippen molar-refractivity contribution in [2.24, 2.45) is 28.6 Å². The van der Waals surface area contributed by atoms with Crippen LogP contribution in [0, 0.1) is 28.6 Å². The molecule has 0 aromatic rings. The van der Waals surface area contributed by atoms with E-state index in [1.54, 1.807) is 0 Å². The Kier molecular flexibility index (Phi) is 12.9. The first-order valence-electron chi connectivity index (χ1n) is 12.0. The van der Waals surface area contributed by atoms with E-state index in [0.717, 1.165) is 32.1 Å². The van der Waals surface area contributed by atoms with E-state index in [1.807, 2.05) is 0 Å². The minimum Gasteiger partial charge on any atom is -0.465 e. The molecule has 0 fully saturated rings. The van der Waals surface area contributed by atoms with Crippen LogP contribution in [0.5, 0.6) is 0 Å². The molecular weight excluding hydrogens is 376 g/mol. The molecule has 0 saturated heterocycles. The molecule has 0 aliphatic heterocycles. The second kappa shape index (κ2) is 13.4. The van der Waals surface area contributed by atoms with Crippen LogP contribution in [-0.2, 0) is 19.1 Å². The Balaban J connectivity index is 4.71. The standard InChI is InChI=1S/C26H50O4/c1-11-13-22(30-24(28)15-20(4)17-26(8,9)10)21(12-2)18-29-23(27)14-19(3)16-25(5,6)7/h19-22H,11-18H2,1-10H3. The van der Waals surface area contributed by atoms with E-state index in [2.05, 4.69) is 69.2 Å². The topological polar surface area (TPSA) is 52.6 Å². The molecule has 30 heavy (non-hydrogen) atoms. The van der Waals surface area contributed by atoms with Gasteiger partial charge in [0.15, 0.2) is 0 Å². The quantitative estimate of drug-likeness (QED) is 0.292. The molecule has 0 heterocycles. The normalized spacial score (nSPS) is 16.5. The van der Waals surface area contributed by atoms with Gasteiger partial charge in [-0.15, -0.1) is 0 Å². The van der Waals surface area contributed by atoms with Crippen LogP contribution in [0.2, 0.25) is 0 Å². The van der Waals surface area contributed by atoms with Crippen molar-refractivity contribution >= 4 is 11.9 Å². The van der Waals surface area contributed by atoms with Crippen LogP contribution >= 0.6 is 0 Å². The first kappa shape index (κ1) is 28.9. The monoisotopic (exact) mass is 426 g/mol. The summed E-state index contributed by atoms with van der Waals surface area (Å²) in [5.74, 6) is 0.362. The van der Waals surface area contributed by atoms with Gasteiger partial charge in [-0.05, 0) is 48.3 Å². The maximum atomic E-state index is 12.5. The van der Waals surface area contributed by atoms with Crippen LogP contribution in [0.25, 0.3) is 0 Å². The molecule has 0 bridgehead atoms. The molecule has 0 N–H and O–H groups in total. The molecular formula is C26H50O4. The van der Waals surface area contributed by atoms with Crippen molar-refractivity contribution < 1.29 is 19.1 Å². The second-order valence-electron chi connectivity index (χ2n) is 11.8. The molecule has 4 nitrogen and oxygen atoms in total. The number of ether oxygens (including phenoxy) is 2. The zero-order chi connectivity index (χ0) is 23.5. The van der Waals surface area contributed by atoms with Crippen LogP contribution in [-0.4, -0.2) is 24.6 Å². The zero-order valence-corrected chi connectivity index (χ0v) is 21.6. The van der Waals surface area contributed by atoms with Crippen molar-refractivity contribution in [1.29, 1.82) is 0 Å². The van der Waals surface area contributed by atoms with Crippen molar-refractivity contribution in [3.63, 3.8) is 0 Å². The van der Waals surface area contributed by atoms with Gasteiger partial charge < -0.3 is 9.47 Å². The Morgan fingerprint density at radius 3 is 1.67 bits per heavy atom. The van der Waals surface area contributed by atoms with Gasteiger partial charge in [0.25, 0.3) is 0 Å². The van der Waals surface area contributed by atoms with Gasteiger partial charge in [0.05, 0.1) is 6.61 Å². The van der Waals surface area contributed by atoms with Crippen molar-refractivity contribution in [2.75, 3.05) is 6.61 Å². The fourth-order valence-corrected chi connectivity index (χ4v) is 4.44. The van der Waals surface area contributed by atoms with Gasteiger partial charge in [-0.3, -0.25) is 9.59 Å². The summed E-state index contributed by atoms with van der Waals surface area (Å²) in [5.41, 5.74) is 0.406. The number of hydrogen-bond donors (Lipinski definition) is 0. The van der Waals surface area contributed by atoms with Gasteiger partial charge in [0.1, 0.15) is 6.10 Å². The number of carbonyl (C=O) groups excluding carboxylic acids is 2. The molecule has 0 saturated carbocycles. The molecule has 0 aromatic carbocycles. The lowest BCUT2D eigenvalue weighted by Crippen LogP contribution is -2.31. The number of rotatable bonds is 13. The maximum absolute atomic E-state index is 12.5. The molecule has 4 unspecified atom stereocenters. The smallest absolute Gasteiger partial charge is 0.306 e. The van der Waals surface area contributed by atoms with E-state index in [-0.39, 0.29) is 34.8 Å². The van der Waals surface area contributed by atoms with Crippen molar-refractivity contribution in [3.05, 3.63) is 0 Å². The highest BCUT2D eigenvalue weighted by molar-refractivity contribution is 5.70. The molecule has 0 aromatic heterocycles. The largest absolute Gasteiger partial charge is 0.465 e. The van der Waals surface area contributed by atoms with Gasteiger partial charge in [0.2, 0.25) is 0 Å². The van der Waals surface area contributed by atoms with Gasteiger partial charge >= 0.3 is 11.9 Å².